The summed E-state index contributed by atoms with van der Waals surface area (Å²) in [7, 11) is 0. The molecule has 1 amide bonds. The van der Waals surface area contributed by atoms with E-state index in [0.717, 1.165) is 66.8 Å². The van der Waals surface area contributed by atoms with Crippen LogP contribution >= 0.6 is 0 Å². The smallest absolute Gasteiger partial charge is 0.228 e. The third kappa shape index (κ3) is 3.54. The number of fused-ring (bicyclic) bond motifs is 1. The van der Waals surface area contributed by atoms with Gasteiger partial charge in [-0.05, 0) is 38.3 Å². The van der Waals surface area contributed by atoms with Crippen molar-refractivity contribution in [1.82, 2.24) is 19.9 Å². The lowest BCUT2D eigenvalue weighted by atomic mass is 10.1. The Balaban J connectivity index is 0.00000205. The maximum atomic E-state index is 13.2. The van der Waals surface area contributed by atoms with Crippen LogP contribution in [0.5, 0.6) is 0 Å². The van der Waals surface area contributed by atoms with Crippen LogP contribution in [0.4, 0.5) is 11.5 Å². The molecule has 7 nitrogen and oxygen atoms in total. The van der Waals surface area contributed by atoms with Gasteiger partial charge in [-0.25, -0.2) is 9.97 Å². The molecule has 5 heterocycles. The van der Waals surface area contributed by atoms with Crippen molar-refractivity contribution in [3.8, 4) is 0 Å². The Morgan fingerprint density at radius 2 is 1.90 bits per heavy atom. The van der Waals surface area contributed by atoms with Crippen molar-refractivity contribution in [3.63, 3.8) is 0 Å². The number of rotatable bonds is 3. The topological polar surface area (TPSA) is 65.5 Å². The zero-order valence-corrected chi connectivity index (χ0v) is 16.6. The molecule has 0 N–H and O–H groups in total. The van der Waals surface area contributed by atoms with Gasteiger partial charge < -0.3 is 14.7 Å². The first-order valence-corrected chi connectivity index (χ1v) is 10.2. The quantitative estimate of drug-likeness (QED) is 0.798. The maximum Gasteiger partial charge on any atom is 0.228 e. The van der Waals surface area contributed by atoms with Crippen molar-refractivity contribution < 1.29 is 4.79 Å². The number of carbonyl (C=O) groups is 1. The zero-order valence-electron chi connectivity index (χ0n) is 16.6. The van der Waals surface area contributed by atoms with E-state index in [4.69, 9.17) is 0 Å². The van der Waals surface area contributed by atoms with Crippen LogP contribution < -0.4 is 9.80 Å². The molecule has 2 fully saturated rings. The van der Waals surface area contributed by atoms with Crippen LogP contribution in [0.2, 0.25) is 0 Å². The van der Waals surface area contributed by atoms with E-state index < -0.39 is 0 Å². The molecule has 3 aliphatic heterocycles. The first kappa shape index (κ1) is 19.6. The Hall–Kier alpha value is -2.70. The van der Waals surface area contributed by atoms with Crippen LogP contribution in [0.3, 0.4) is 0 Å². The normalized spacial score (nSPS) is 20.3. The molecule has 2 aromatic rings. The second-order valence-electron chi connectivity index (χ2n) is 8.21. The second kappa shape index (κ2) is 7.61. The van der Waals surface area contributed by atoms with Crippen molar-refractivity contribution in [1.29, 1.82) is 0 Å². The highest BCUT2D eigenvalue weighted by atomic mass is 16.2. The van der Waals surface area contributed by atoms with E-state index in [1.165, 1.54) is 6.42 Å². The van der Waals surface area contributed by atoms with Gasteiger partial charge in [-0.3, -0.25) is 9.78 Å². The van der Waals surface area contributed by atoms with Crippen molar-refractivity contribution >= 4 is 17.4 Å². The first-order valence-electron chi connectivity index (χ1n) is 10.2. The molecule has 1 unspecified atom stereocenters. The predicted octanol–water partition coefficient (Wildman–Crippen LogP) is 2.70. The Morgan fingerprint density at radius 1 is 1.07 bits per heavy atom. The number of nitrogens with zero attached hydrogens (tertiary/aromatic N) is 6. The molecule has 0 radical (unpaired) electrons. The van der Waals surface area contributed by atoms with E-state index in [9.17, 15) is 4.79 Å². The van der Waals surface area contributed by atoms with Crippen LogP contribution in [-0.4, -0.2) is 51.9 Å². The number of aromatic nitrogens is 3. The van der Waals surface area contributed by atoms with E-state index >= 15 is 0 Å². The third-order valence-corrected chi connectivity index (χ3v) is 6.10. The fourth-order valence-corrected chi connectivity index (χ4v) is 4.47. The minimum absolute atomic E-state index is 0. The number of aryl methyl sites for hydroxylation is 2. The molecular weight excluding hydrogens is 364 g/mol. The minimum atomic E-state index is 0. The van der Waals surface area contributed by atoms with Crippen LogP contribution in [-0.2, 0) is 17.9 Å². The number of pyridine rings is 1. The predicted molar refractivity (Wildman–Crippen MR) is 114 cm³/mol. The summed E-state index contributed by atoms with van der Waals surface area (Å²) in [6.45, 7) is 9.02. The van der Waals surface area contributed by atoms with Crippen LogP contribution in [0.15, 0.2) is 18.5 Å². The van der Waals surface area contributed by atoms with E-state index in [0.29, 0.717) is 13.1 Å². The van der Waals surface area contributed by atoms with Gasteiger partial charge in [0.15, 0.2) is 0 Å². The largest absolute Gasteiger partial charge is 0.369 e. The molecule has 0 bridgehead atoms. The summed E-state index contributed by atoms with van der Waals surface area (Å²) in [5.41, 5.74) is 4.44. The highest BCUT2D eigenvalue weighted by Gasteiger charge is 2.36. The summed E-state index contributed by atoms with van der Waals surface area (Å²) >= 11 is 0. The van der Waals surface area contributed by atoms with E-state index in [2.05, 4.69) is 37.7 Å². The molecular formula is C22H30N6O. The molecule has 7 heteroatoms. The van der Waals surface area contributed by atoms with Crippen molar-refractivity contribution in [2.75, 3.05) is 36.0 Å². The highest BCUT2D eigenvalue weighted by Crippen LogP contribution is 2.33. The summed E-state index contributed by atoms with van der Waals surface area (Å²) in [6.07, 6.45) is 5.86. The van der Waals surface area contributed by atoms with Crippen LogP contribution in [0, 0.1) is 19.8 Å². The molecule has 0 aromatic carbocycles. The van der Waals surface area contributed by atoms with Gasteiger partial charge >= 0.3 is 0 Å². The lowest BCUT2D eigenvalue weighted by Crippen LogP contribution is -2.39. The van der Waals surface area contributed by atoms with E-state index in [1.807, 2.05) is 24.2 Å². The zero-order chi connectivity index (χ0) is 19.3. The monoisotopic (exact) mass is 394 g/mol. The number of anilines is 2. The summed E-state index contributed by atoms with van der Waals surface area (Å²) in [4.78, 5) is 33.4. The van der Waals surface area contributed by atoms with E-state index in [-0.39, 0.29) is 19.3 Å². The Kier molecular flexibility index (Phi) is 5.15. The number of hydrogen-bond donors (Lipinski definition) is 0. The van der Waals surface area contributed by atoms with E-state index in [1.54, 1.807) is 0 Å². The summed E-state index contributed by atoms with van der Waals surface area (Å²) in [6, 6.07) is 2.14. The molecule has 29 heavy (non-hydrogen) atoms. The van der Waals surface area contributed by atoms with Crippen molar-refractivity contribution in [2.24, 2.45) is 5.92 Å². The van der Waals surface area contributed by atoms with Gasteiger partial charge in [-0.15, -0.1) is 0 Å². The molecule has 0 aliphatic carbocycles. The van der Waals surface area contributed by atoms with Crippen LogP contribution in [0.25, 0.3) is 0 Å². The molecule has 1 atom stereocenters. The van der Waals surface area contributed by atoms with Gasteiger partial charge in [0.05, 0.1) is 36.6 Å². The number of amides is 1. The summed E-state index contributed by atoms with van der Waals surface area (Å²) in [5, 5.41) is 0. The van der Waals surface area contributed by atoms with Gasteiger partial charge in [-0.2, -0.15) is 0 Å². The van der Waals surface area contributed by atoms with Gasteiger partial charge in [0, 0.05) is 37.9 Å². The maximum absolute atomic E-state index is 13.2. The van der Waals surface area contributed by atoms with Gasteiger partial charge in [0.2, 0.25) is 5.91 Å². The fourth-order valence-electron chi connectivity index (χ4n) is 4.47. The third-order valence-electron chi connectivity index (χ3n) is 6.10. The molecule has 2 saturated heterocycles. The fraction of sp³-hybridized carbons (Fsp3) is 0.545. The summed E-state index contributed by atoms with van der Waals surface area (Å²) < 4.78 is 0. The van der Waals surface area contributed by atoms with Crippen LogP contribution in [0.1, 0.15) is 42.9 Å². The Bertz CT molecular complexity index is 926. The SMILES string of the molecule is C.Cc1cncc(N2CCC(C(=O)N3Cc4nc(C)nc(N5CCC5)c4C3)C2)c1. The van der Waals surface area contributed by atoms with Gasteiger partial charge in [0.25, 0.3) is 0 Å². The lowest BCUT2D eigenvalue weighted by Gasteiger charge is -2.33. The highest BCUT2D eigenvalue weighted by molar-refractivity contribution is 5.81. The first-order chi connectivity index (χ1) is 13.6. The molecule has 3 aliphatic rings. The van der Waals surface area contributed by atoms with Gasteiger partial charge in [-0.1, -0.05) is 7.43 Å². The van der Waals surface area contributed by atoms with Gasteiger partial charge in [0.1, 0.15) is 11.6 Å². The average Bonchev–Trinajstić information content (AvgIpc) is 3.27. The molecule has 0 saturated carbocycles. The lowest BCUT2D eigenvalue weighted by molar-refractivity contribution is -0.135. The standard InChI is InChI=1S/C21H26N6O.CH4/c1-14-8-17(10-22-9-14)26-7-4-16(11-26)21(28)27-12-18-19(13-27)23-15(2)24-20(18)25-5-3-6-25;/h8-10,16H,3-7,11-13H2,1-2H3;1H4. The minimum Gasteiger partial charge on any atom is -0.369 e. The molecule has 0 spiro atoms. The average molecular weight is 395 g/mol. The second-order valence-corrected chi connectivity index (χ2v) is 8.21. The molecule has 154 valence electrons. The number of hydrogen-bond acceptors (Lipinski definition) is 6. The number of carbonyl (C=O) groups excluding carboxylic acids is 1. The molecule has 2 aromatic heterocycles. The van der Waals surface area contributed by atoms with Crippen molar-refractivity contribution in [2.45, 2.75) is 47.2 Å². The Labute approximate surface area is 172 Å². The van der Waals surface area contributed by atoms with Crippen molar-refractivity contribution in [3.05, 3.63) is 41.1 Å². The molecule has 5 rings (SSSR count). The Morgan fingerprint density at radius 3 is 2.62 bits per heavy atom. The summed E-state index contributed by atoms with van der Waals surface area (Å²) in [5.74, 6) is 2.13.